The number of hydrogen-bond donors (Lipinski definition) is 1. The molecule has 0 fully saturated rings. The van der Waals surface area contributed by atoms with Crippen LogP contribution in [0.15, 0.2) is 23.9 Å². The van der Waals surface area contributed by atoms with Crippen molar-refractivity contribution in [3.05, 3.63) is 35.2 Å². The lowest BCUT2D eigenvalue weighted by Gasteiger charge is -2.12. The van der Waals surface area contributed by atoms with E-state index in [-0.39, 0.29) is 0 Å². The summed E-state index contributed by atoms with van der Waals surface area (Å²) in [7, 11) is 1.94. The van der Waals surface area contributed by atoms with Crippen molar-refractivity contribution in [2.75, 3.05) is 6.54 Å². The fourth-order valence-corrected chi connectivity index (χ4v) is 3.06. The van der Waals surface area contributed by atoms with Gasteiger partial charge < -0.3 is 5.32 Å². The topological polar surface area (TPSA) is 42.7 Å². The van der Waals surface area contributed by atoms with Crippen molar-refractivity contribution in [3.63, 3.8) is 0 Å². The summed E-state index contributed by atoms with van der Waals surface area (Å²) < 4.78 is 1.84. The van der Waals surface area contributed by atoms with Gasteiger partial charge in [0.15, 0.2) is 5.65 Å². The maximum atomic E-state index is 4.52. The van der Waals surface area contributed by atoms with E-state index in [1.807, 2.05) is 24.9 Å². The zero-order chi connectivity index (χ0) is 14.7. The summed E-state index contributed by atoms with van der Waals surface area (Å²) in [6.45, 7) is 3.97. The molecule has 112 valence electrons. The van der Waals surface area contributed by atoms with Gasteiger partial charge in [-0.15, -0.1) is 0 Å². The van der Waals surface area contributed by atoms with E-state index in [0.717, 1.165) is 29.8 Å². The van der Waals surface area contributed by atoms with Crippen LogP contribution >= 0.6 is 0 Å². The van der Waals surface area contributed by atoms with Crippen molar-refractivity contribution in [3.8, 4) is 0 Å². The smallest absolute Gasteiger partial charge is 0.157 e. The summed E-state index contributed by atoms with van der Waals surface area (Å²) in [5.41, 5.74) is 4.87. The predicted molar refractivity (Wildman–Crippen MR) is 86.1 cm³/mol. The van der Waals surface area contributed by atoms with Gasteiger partial charge in [0.05, 0.1) is 5.69 Å². The van der Waals surface area contributed by atoms with E-state index in [4.69, 9.17) is 0 Å². The van der Waals surface area contributed by atoms with Crippen molar-refractivity contribution in [2.45, 2.75) is 45.6 Å². The minimum Gasteiger partial charge on any atom is -0.312 e. The number of aryl methyl sites for hydroxylation is 2. The molecule has 0 radical (unpaired) electrons. The van der Waals surface area contributed by atoms with Gasteiger partial charge in [-0.25, -0.2) is 4.98 Å². The molecule has 0 saturated heterocycles. The fraction of sp³-hybridized carbons (Fsp3) is 0.529. The first-order valence-corrected chi connectivity index (χ1v) is 7.91. The van der Waals surface area contributed by atoms with Gasteiger partial charge >= 0.3 is 0 Å². The maximum absolute atomic E-state index is 4.52. The van der Waals surface area contributed by atoms with E-state index >= 15 is 0 Å². The molecule has 0 amide bonds. The first-order chi connectivity index (χ1) is 10.2. The zero-order valence-corrected chi connectivity index (χ0v) is 13.0. The van der Waals surface area contributed by atoms with Crippen LogP contribution < -0.4 is 5.32 Å². The highest BCUT2D eigenvalue weighted by Crippen LogP contribution is 2.19. The number of nitrogens with zero attached hydrogens (tertiary/aromatic N) is 3. The highest BCUT2D eigenvalue weighted by molar-refractivity contribution is 5.78. The highest BCUT2D eigenvalue weighted by Gasteiger charge is 2.07. The Bertz CT molecular complexity index is 654. The molecule has 0 aliphatic heterocycles. The van der Waals surface area contributed by atoms with Gasteiger partial charge in [-0.3, -0.25) is 4.68 Å². The highest BCUT2D eigenvalue weighted by atomic mass is 15.3. The molecule has 0 unspecified atom stereocenters. The van der Waals surface area contributed by atoms with Gasteiger partial charge in [0.25, 0.3) is 0 Å². The molecule has 2 heterocycles. The lowest BCUT2D eigenvalue weighted by atomic mass is 9.97. The Hall–Kier alpha value is -1.68. The van der Waals surface area contributed by atoms with Crippen molar-refractivity contribution >= 4 is 11.0 Å². The first kappa shape index (κ1) is 14.3. The van der Waals surface area contributed by atoms with Gasteiger partial charge in [0.1, 0.15) is 0 Å². The Morgan fingerprint density at radius 3 is 3.05 bits per heavy atom. The van der Waals surface area contributed by atoms with Crippen LogP contribution in [-0.2, 0) is 13.6 Å². The van der Waals surface area contributed by atoms with E-state index in [1.54, 1.807) is 5.57 Å². The molecule has 0 atom stereocenters. The van der Waals surface area contributed by atoms with Crippen molar-refractivity contribution in [1.82, 2.24) is 20.1 Å². The molecule has 1 N–H and O–H groups in total. The summed E-state index contributed by atoms with van der Waals surface area (Å²) in [5.74, 6) is 0. The fourth-order valence-electron chi connectivity index (χ4n) is 3.06. The normalized spacial score (nSPS) is 15.4. The van der Waals surface area contributed by atoms with Crippen molar-refractivity contribution in [2.24, 2.45) is 7.05 Å². The Kier molecular flexibility index (Phi) is 4.34. The molecule has 0 bridgehead atoms. The minimum atomic E-state index is 0.880. The van der Waals surface area contributed by atoms with Gasteiger partial charge in [-0.2, -0.15) is 5.10 Å². The van der Waals surface area contributed by atoms with Crippen LogP contribution in [0.25, 0.3) is 11.0 Å². The average Bonchev–Trinajstić information content (AvgIpc) is 2.79. The van der Waals surface area contributed by atoms with Crippen molar-refractivity contribution < 1.29 is 0 Å². The molecule has 3 rings (SSSR count). The summed E-state index contributed by atoms with van der Waals surface area (Å²) >= 11 is 0. The quantitative estimate of drug-likeness (QED) is 0.677. The number of pyridine rings is 1. The molecule has 1 aliphatic rings. The van der Waals surface area contributed by atoms with Crippen LogP contribution in [-0.4, -0.2) is 21.3 Å². The first-order valence-electron chi connectivity index (χ1n) is 7.91. The van der Waals surface area contributed by atoms with Gasteiger partial charge in [-0.05, 0) is 57.2 Å². The largest absolute Gasteiger partial charge is 0.312 e. The second kappa shape index (κ2) is 6.39. The number of rotatable bonds is 5. The van der Waals surface area contributed by atoms with Crippen LogP contribution in [0.5, 0.6) is 0 Å². The third kappa shape index (κ3) is 3.32. The zero-order valence-electron chi connectivity index (χ0n) is 13.0. The summed E-state index contributed by atoms with van der Waals surface area (Å²) in [5, 5.41) is 9.11. The second-order valence-electron chi connectivity index (χ2n) is 5.96. The van der Waals surface area contributed by atoms with Crippen LogP contribution in [0, 0.1) is 6.92 Å². The lowest BCUT2D eigenvalue weighted by molar-refractivity contribution is 0.632. The molecule has 4 nitrogen and oxygen atoms in total. The molecule has 0 saturated carbocycles. The Labute approximate surface area is 126 Å². The molecular weight excluding hydrogens is 260 g/mol. The Morgan fingerprint density at radius 2 is 2.24 bits per heavy atom. The second-order valence-corrected chi connectivity index (χ2v) is 5.96. The summed E-state index contributed by atoms with van der Waals surface area (Å²) in [6.07, 6.45) is 10.9. The standard InChI is InChI=1S/C17H24N4/c1-13-16-10-15(12-19-17(16)21(2)20-13)11-18-9-8-14-6-4-3-5-7-14/h6,10,12,18H,3-5,7-9,11H2,1-2H3. The number of aromatic nitrogens is 3. The van der Waals surface area contributed by atoms with E-state index in [9.17, 15) is 0 Å². The maximum Gasteiger partial charge on any atom is 0.157 e. The van der Waals surface area contributed by atoms with Gasteiger partial charge in [0.2, 0.25) is 0 Å². The minimum absolute atomic E-state index is 0.880. The monoisotopic (exact) mass is 284 g/mol. The predicted octanol–water partition coefficient (Wildman–Crippen LogP) is 3.26. The number of fused-ring (bicyclic) bond motifs is 1. The molecule has 21 heavy (non-hydrogen) atoms. The Morgan fingerprint density at radius 1 is 1.33 bits per heavy atom. The van der Waals surface area contributed by atoms with Crippen LogP contribution in [0.4, 0.5) is 0 Å². The van der Waals surface area contributed by atoms with Crippen LogP contribution in [0.2, 0.25) is 0 Å². The third-order valence-electron chi connectivity index (χ3n) is 4.26. The SMILES string of the molecule is Cc1nn(C)c2ncc(CNCCC3=CCCCC3)cc12. The number of hydrogen-bond acceptors (Lipinski definition) is 3. The van der Waals surface area contributed by atoms with E-state index in [1.165, 1.54) is 37.7 Å². The van der Waals surface area contributed by atoms with Gasteiger partial charge in [0, 0.05) is 25.2 Å². The lowest BCUT2D eigenvalue weighted by Crippen LogP contribution is -2.15. The number of nitrogens with one attached hydrogen (secondary N) is 1. The van der Waals surface area contributed by atoms with Crippen LogP contribution in [0.1, 0.15) is 43.4 Å². The third-order valence-corrected chi connectivity index (χ3v) is 4.26. The molecule has 4 heteroatoms. The molecule has 2 aromatic heterocycles. The van der Waals surface area contributed by atoms with E-state index in [2.05, 4.69) is 27.5 Å². The molecule has 1 aliphatic carbocycles. The molecule has 0 aromatic carbocycles. The van der Waals surface area contributed by atoms with Gasteiger partial charge in [-0.1, -0.05) is 11.6 Å². The van der Waals surface area contributed by atoms with Crippen molar-refractivity contribution in [1.29, 1.82) is 0 Å². The average molecular weight is 284 g/mol. The molecule has 0 spiro atoms. The summed E-state index contributed by atoms with van der Waals surface area (Å²) in [6, 6.07) is 2.21. The van der Waals surface area contributed by atoms with Crippen LogP contribution in [0.3, 0.4) is 0 Å². The summed E-state index contributed by atoms with van der Waals surface area (Å²) in [4.78, 5) is 4.52. The number of allylic oxidation sites excluding steroid dienone is 1. The Balaban J connectivity index is 1.55. The molecular formula is C17H24N4. The van der Waals surface area contributed by atoms with E-state index in [0.29, 0.717) is 0 Å². The molecule has 2 aromatic rings. The van der Waals surface area contributed by atoms with E-state index < -0.39 is 0 Å².